The lowest BCUT2D eigenvalue weighted by Gasteiger charge is -2.12. The molecule has 3 nitrogen and oxygen atoms in total. The molecule has 0 radical (unpaired) electrons. The first-order valence-corrected chi connectivity index (χ1v) is 5.42. The number of ketones is 1. The molecule has 0 aliphatic carbocycles. The Bertz CT molecular complexity index is 402. The average molecular weight is 263 g/mol. The zero-order valence-corrected chi connectivity index (χ0v) is 10.7. The van der Waals surface area contributed by atoms with Crippen molar-refractivity contribution in [2.45, 2.75) is 12.3 Å². The largest absolute Gasteiger partial charge is 0.496 e. The summed E-state index contributed by atoms with van der Waals surface area (Å²) in [5.41, 5.74) is 0.357. The topological polar surface area (TPSA) is 35.5 Å². The summed E-state index contributed by atoms with van der Waals surface area (Å²) in [6.07, 6.45) is 0. The molecule has 5 heteroatoms. The predicted octanol–water partition coefficient (Wildman–Crippen LogP) is 3.17. The number of alkyl halides is 1. The fourth-order valence-electron chi connectivity index (χ4n) is 1.27. The van der Waals surface area contributed by atoms with E-state index in [2.05, 4.69) is 0 Å². The minimum atomic E-state index is -0.627. The van der Waals surface area contributed by atoms with Crippen molar-refractivity contribution in [1.29, 1.82) is 0 Å². The first kappa shape index (κ1) is 13.1. The van der Waals surface area contributed by atoms with Crippen LogP contribution in [0.2, 0.25) is 5.02 Å². The van der Waals surface area contributed by atoms with Gasteiger partial charge in [-0.05, 0) is 13.0 Å². The van der Waals surface area contributed by atoms with Crippen molar-refractivity contribution in [2.75, 3.05) is 14.2 Å². The van der Waals surface area contributed by atoms with Crippen LogP contribution in [-0.2, 0) is 0 Å². The molecule has 88 valence electrons. The molecule has 0 saturated carbocycles. The second kappa shape index (κ2) is 5.41. The third-order valence-corrected chi connectivity index (χ3v) is 2.59. The van der Waals surface area contributed by atoms with Crippen LogP contribution in [-0.4, -0.2) is 25.4 Å². The molecule has 1 unspecified atom stereocenters. The van der Waals surface area contributed by atoms with Crippen LogP contribution < -0.4 is 9.47 Å². The molecule has 0 aliphatic rings. The highest BCUT2D eigenvalue weighted by atomic mass is 35.5. The summed E-state index contributed by atoms with van der Waals surface area (Å²) in [7, 11) is 2.96. The number of ether oxygens (including phenoxy) is 2. The van der Waals surface area contributed by atoms with E-state index in [1.165, 1.54) is 20.3 Å². The van der Waals surface area contributed by atoms with Gasteiger partial charge < -0.3 is 9.47 Å². The van der Waals surface area contributed by atoms with Crippen LogP contribution in [0.3, 0.4) is 0 Å². The van der Waals surface area contributed by atoms with Crippen LogP contribution in [0.5, 0.6) is 11.5 Å². The summed E-state index contributed by atoms with van der Waals surface area (Å²) in [4.78, 5) is 11.8. The number of halogens is 2. The first-order chi connectivity index (χ1) is 7.51. The fourth-order valence-corrected chi connectivity index (χ4v) is 1.63. The van der Waals surface area contributed by atoms with Gasteiger partial charge in [0.25, 0.3) is 0 Å². The Kier molecular flexibility index (Phi) is 4.44. The van der Waals surface area contributed by atoms with Crippen molar-refractivity contribution in [3.05, 3.63) is 22.7 Å². The molecule has 0 aromatic heterocycles. The number of carbonyl (C=O) groups is 1. The van der Waals surface area contributed by atoms with Crippen molar-refractivity contribution in [3.8, 4) is 11.5 Å². The molecule has 1 rings (SSSR count). The first-order valence-electron chi connectivity index (χ1n) is 4.61. The maximum absolute atomic E-state index is 11.8. The number of carbonyl (C=O) groups excluding carboxylic acids is 1. The second-order valence-corrected chi connectivity index (χ2v) is 4.23. The van der Waals surface area contributed by atoms with E-state index in [1.54, 1.807) is 13.0 Å². The van der Waals surface area contributed by atoms with Crippen molar-refractivity contribution in [3.63, 3.8) is 0 Å². The summed E-state index contributed by atoms with van der Waals surface area (Å²) >= 11 is 11.7. The second-order valence-electron chi connectivity index (χ2n) is 3.17. The number of rotatable bonds is 4. The Morgan fingerprint density at radius 2 is 1.81 bits per heavy atom. The van der Waals surface area contributed by atoms with Crippen LogP contribution in [0.25, 0.3) is 0 Å². The highest BCUT2D eigenvalue weighted by Gasteiger charge is 2.19. The summed E-state index contributed by atoms with van der Waals surface area (Å²) in [6.45, 7) is 1.60. The van der Waals surface area contributed by atoms with Crippen LogP contribution in [0.4, 0.5) is 0 Å². The molecule has 0 fully saturated rings. The summed E-state index contributed by atoms with van der Waals surface area (Å²) in [5, 5.41) is -0.276. The molecule has 0 bridgehead atoms. The molecule has 0 spiro atoms. The summed E-state index contributed by atoms with van der Waals surface area (Å²) in [5.74, 6) is 0.624. The molecule has 0 heterocycles. The third-order valence-electron chi connectivity index (χ3n) is 2.10. The minimum absolute atomic E-state index is 0.233. The maximum atomic E-state index is 11.8. The van der Waals surface area contributed by atoms with Crippen LogP contribution in [0.1, 0.15) is 17.3 Å². The van der Waals surface area contributed by atoms with Gasteiger partial charge in [0, 0.05) is 6.07 Å². The Hall–Kier alpha value is -0.930. The lowest BCUT2D eigenvalue weighted by molar-refractivity contribution is 0.0989. The normalized spacial score (nSPS) is 12.1. The monoisotopic (exact) mass is 262 g/mol. The van der Waals surface area contributed by atoms with E-state index in [1.807, 2.05) is 0 Å². The molecule has 0 saturated heterocycles. The minimum Gasteiger partial charge on any atom is -0.496 e. The number of benzene rings is 1. The van der Waals surface area contributed by atoms with Crippen molar-refractivity contribution >= 4 is 29.0 Å². The third kappa shape index (κ3) is 2.60. The van der Waals surface area contributed by atoms with Gasteiger partial charge in [-0.15, -0.1) is 11.6 Å². The van der Waals surface area contributed by atoms with E-state index in [-0.39, 0.29) is 5.78 Å². The van der Waals surface area contributed by atoms with Gasteiger partial charge in [-0.2, -0.15) is 0 Å². The molecule has 16 heavy (non-hydrogen) atoms. The quantitative estimate of drug-likeness (QED) is 0.618. The molecule has 1 aromatic carbocycles. The zero-order valence-electron chi connectivity index (χ0n) is 9.21. The fraction of sp³-hybridized carbons (Fsp3) is 0.364. The van der Waals surface area contributed by atoms with Crippen LogP contribution >= 0.6 is 23.2 Å². The van der Waals surface area contributed by atoms with Gasteiger partial charge >= 0.3 is 0 Å². The summed E-state index contributed by atoms with van der Waals surface area (Å²) in [6, 6.07) is 3.06. The predicted molar refractivity (Wildman–Crippen MR) is 64.2 cm³/mol. The number of methoxy groups -OCH3 is 2. The van der Waals surface area contributed by atoms with Gasteiger partial charge in [0.2, 0.25) is 0 Å². The Morgan fingerprint density at radius 3 is 2.25 bits per heavy atom. The van der Waals surface area contributed by atoms with Gasteiger partial charge in [0.1, 0.15) is 11.5 Å². The van der Waals surface area contributed by atoms with E-state index in [0.29, 0.717) is 22.1 Å². The standard InChI is InChI=1S/C11H12Cl2O3/c1-6(12)11(14)7-4-8(13)10(16-3)5-9(7)15-2/h4-6H,1-3H3. The van der Waals surface area contributed by atoms with E-state index < -0.39 is 5.38 Å². The Morgan fingerprint density at radius 1 is 1.25 bits per heavy atom. The molecule has 1 aromatic rings. The Balaban J connectivity index is 3.28. The SMILES string of the molecule is COc1cc(OC)c(C(=O)C(C)Cl)cc1Cl. The molecular formula is C11H12Cl2O3. The van der Waals surface area contributed by atoms with Crippen molar-refractivity contribution < 1.29 is 14.3 Å². The van der Waals surface area contributed by atoms with Crippen LogP contribution in [0, 0.1) is 0 Å². The van der Waals surface area contributed by atoms with Gasteiger partial charge in [-0.3, -0.25) is 4.79 Å². The highest BCUT2D eigenvalue weighted by Crippen LogP contribution is 2.33. The van der Waals surface area contributed by atoms with E-state index in [0.717, 1.165) is 0 Å². The van der Waals surface area contributed by atoms with Gasteiger partial charge in [-0.25, -0.2) is 0 Å². The molecule has 0 aliphatic heterocycles. The van der Waals surface area contributed by atoms with Gasteiger partial charge in [-0.1, -0.05) is 11.6 Å². The Labute approximate surface area is 104 Å². The molecular weight excluding hydrogens is 251 g/mol. The molecule has 1 atom stereocenters. The van der Waals surface area contributed by atoms with E-state index in [4.69, 9.17) is 32.7 Å². The summed E-state index contributed by atoms with van der Waals surface area (Å²) < 4.78 is 10.1. The van der Waals surface area contributed by atoms with E-state index in [9.17, 15) is 4.79 Å². The number of Topliss-reactive ketones (excluding diaryl/α,β-unsaturated/α-hetero) is 1. The van der Waals surface area contributed by atoms with Crippen molar-refractivity contribution in [2.24, 2.45) is 0 Å². The van der Waals surface area contributed by atoms with E-state index >= 15 is 0 Å². The van der Waals surface area contributed by atoms with Crippen LogP contribution in [0.15, 0.2) is 12.1 Å². The lowest BCUT2D eigenvalue weighted by atomic mass is 10.1. The van der Waals surface area contributed by atoms with Crippen molar-refractivity contribution in [1.82, 2.24) is 0 Å². The average Bonchev–Trinajstić information content (AvgIpc) is 2.27. The van der Waals surface area contributed by atoms with Gasteiger partial charge in [0.05, 0.1) is 30.2 Å². The number of hydrogen-bond acceptors (Lipinski definition) is 3. The smallest absolute Gasteiger partial charge is 0.184 e. The zero-order chi connectivity index (χ0) is 12.3. The maximum Gasteiger partial charge on any atom is 0.184 e. The molecule has 0 N–H and O–H groups in total. The molecule has 0 amide bonds. The highest BCUT2D eigenvalue weighted by molar-refractivity contribution is 6.35. The number of hydrogen-bond donors (Lipinski definition) is 0. The lowest BCUT2D eigenvalue weighted by Crippen LogP contribution is -2.12. The van der Waals surface area contributed by atoms with Gasteiger partial charge in [0.15, 0.2) is 5.78 Å².